The predicted molar refractivity (Wildman–Crippen MR) is 92.5 cm³/mol. The molecule has 5 nitrogen and oxygen atoms in total. The molecule has 1 unspecified atom stereocenters. The van der Waals surface area contributed by atoms with Gasteiger partial charge >= 0.3 is 0 Å². The first-order valence-electron chi connectivity index (χ1n) is 8.31. The van der Waals surface area contributed by atoms with E-state index >= 15 is 0 Å². The number of guanidine groups is 1. The highest BCUT2D eigenvalue weighted by atomic mass is 32.1. The standard InChI is InChI=1S/C16H28N4OS/c1-4-15-19-14(12-22-15)9-18-16(17-5-2)20-8-7-13(10-20)11-21-6-3/h12-13H,4-11H2,1-3H3,(H,17,18). The number of likely N-dealkylation sites (tertiary alicyclic amines) is 1. The highest BCUT2D eigenvalue weighted by Crippen LogP contribution is 2.17. The highest BCUT2D eigenvalue weighted by Gasteiger charge is 2.24. The van der Waals surface area contributed by atoms with Crippen molar-refractivity contribution in [2.75, 3.05) is 32.8 Å². The Kier molecular flexibility index (Phi) is 7.12. The molecule has 0 aliphatic carbocycles. The molecule has 22 heavy (non-hydrogen) atoms. The van der Waals surface area contributed by atoms with Crippen molar-refractivity contribution in [3.8, 4) is 0 Å². The van der Waals surface area contributed by atoms with Crippen molar-refractivity contribution in [1.29, 1.82) is 0 Å². The first kappa shape index (κ1) is 17.2. The van der Waals surface area contributed by atoms with E-state index in [0.29, 0.717) is 12.5 Å². The molecule has 124 valence electrons. The molecule has 1 aliphatic rings. The van der Waals surface area contributed by atoms with E-state index in [2.05, 4.69) is 41.4 Å². The van der Waals surface area contributed by atoms with Crippen molar-refractivity contribution in [1.82, 2.24) is 15.2 Å². The fourth-order valence-corrected chi connectivity index (χ4v) is 3.35. The molecule has 1 aliphatic heterocycles. The van der Waals surface area contributed by atoms with Crippen LogP contribution in [0, 0.1) is 5.92 Å². The third kappa shape index (κ3) is 4.95. The summed E-state index contributed by atoms with van der Waals surface area (Å²) < 4.78 is 5.55. The lowest BCUT2D eigenvalue weighted by atomic mass is 10.1. The maximum atomic E-state index is 5.55. The second-order valence-electron chi connectivity index (χ2n) is 5.52. The van der Waals surface area contributed by atoms with Gasteiger partial charge in [0, 0.05) is 37.5 Å². The van der Waals surface area contributed by atoms with Crippen molar-refractivity contribution in [3.63, 3.8) is 0 Å². The van der Waals surface area contributed by atoms with Crippen molar-refractivity contribution >= 4 is 17.3 Å². The first-order chi connectivity index (χ1) is 10.8. The van der Waals surface area contributed by atoms with Gasteiger partial charge in [0.2, 0.25) is 0 Å². The fourth-order valence-electron chi connectivity index (χ4n) is 2.61. The monoisotopic (exact) mass is 324 g/mol. The minimum absolute atomic E-state index is 0.620. The molecule has 0 bridgehead atoms. The molecule has 1 atom stereocenters. The molecule has 1 fully saturated rings. The van der Waals surface area contributed by atoms with E-state index in [-0.39, 0.29) is 0 Å². The van der Waals surface area contributed by atoms with Crippen LogP contribution in [-0.4, -0.2) is 48.7 Å². The van der Waals surface area contributed by atoms with E-state index < -0.39 is 0 Å². The van der Waals surface area contributed by atoms with E-state index in [1.54, 1.807) is 11.3 Å². The third-order valence-corrected chi connectivity index (χ3v) is 4.81. The summed E-state index contributed by atoms with van der Waals surface area (Å²) in [6.07, 6.45) is 2.18. The van der Waals surface area contributed by atoms with Crippen LogP contribution < -0.4 is 5.32 Å². The molecule has 6 heteroatoms. The topological polar surface area (TPSA) is 49.8 Å². The van der Waals surface area contributed by atoms with Gasteiger partial charge in [0.25, 0.3) is 0 Å². The molecule has 1 N–H and O–H groups in total. The van der Waals surface area contributed by atoms with E-state index in [9.17, 15) is 0 Å². The van der Waals surface area contributed by atoms with Gasteiger partial charge in [-0.3, -0.25) is 0 Å². The molecule has 1 aromatic heterocycles. The maximum absolute atomic E-state index is 5.55. The molecule has 0 aromatic carbocycles. The van der Waals surface area contributed by atoms with E-state index in [1.165, 1.54) is 11.4 Å². The summed E-state index contributed by atoms with van der Waals surface area (Å²) in [7, 11) is 0. The Hall–Kier alpha value is -1.14. The van der Waals surface area contributed by atoms with Crippen LogP contribution in [0.15, 0.2) is 10.4 Å². The van der Waals surface area contributed by atoms with Crippen LogP contribution in [-0.2, 0) is 17.7 Å². The number of aliphatic imine (C=N–C) groups is 1. The summed E-state index contributed by atoms with van der Waals surface area (Å²) in [5.41, 5.74) is 1.07. The van der Waals surface area contributed by atoms with Crippen LogP contribution in [0.1, 0.15) is 37.9 Å². The van der Waals surface area contributed by atoms with Crippen LogP contribution in [0.5, 0.6) is 0 Å². The number of hydrogen-bond donors (Lipinski definition) is 1. The van der Waals surface area contributed by atoms with Gasteiger partial charge in [-0.1, -0.05) is 6.92 Å². The average molecular weight is 324 g/mol. The van der Waals surface area contributed by atoms with E-state index in [4.69, 9.17) is 9.73 Å². The van der Waals surface area contributed by atoms with Crippen LogP contribution in [0.4, 0.5) is 0 Å². The Morgan fingerprint density at radius 1 is 1.50 bits per heavy atom. The molecule has 0 radical (unpaired) electrons. The van der Waals surface area contributed by atoms with Gasteiger partial charge in [0.15, 0.2) is 5.96 Å². The zero-order chi connectivity index (χ0) is 15.8. The zero-order valence-corrected chi connectivity index (χ0v) is 14.8. The summed E-state index contributed by atoms with van der Waals surface area (Å²) in [6.45, 7) is 11.6. The Bertz CT molecular complexity index is 474. The number of thiazole rings is 1. The van der Waals surface area contributed by atoms with Gasteiger partial charge in [-0.15, -0.1) is 11.3 Å². The summed E-state index contributed by atoms with van der Waals surface area (Å²) in [5, 5.41) is 6.71. The molecule has 1 aromatic rings. The number of hydrogen-bond acceptors (Lipinski definition) is 4. The van der Waals surface area contributed by atoms with E-state index in [1.807, 2.05) is 0 Å². The predicted octanol–water partition coefficient (Wildman–Crippen LogP) is 2.53. The van der Waals surface area contributed by atoms with Gasteiger partial charge in [-0.2, -0.15) is 0 Å². The Labute approximate surface area is 137 Å². The van der Waals surface area contributed by atoms with Gasteiger partial charge in [-0.25, -0.2) is 9.98 Å². The molecule has 0 saturated carbocycles. The molecule has 0 spiro atoms. The summed E-state index contributed by atoms with van der Waals surface area (Å²) >= 11 is 1.73. The van der Waals surface area contributed by atoms with Crippen molar-refractivity contribution < 1.29 is 4.74 Å². The van der Waals surface area contributed by atoms with Gasteiger partial charge < -0.3 is 15.0 Å². The maximum Gasteiger partial charge on any atom is 0.194 e. The largest absolute Gasteiger partial charge is 0.381 e. The number of nitrogens with one attached hydrogen (secondary N) is 1. The molecule has 2 heterocycles. The van der Waals surface area contributed by atoms with E-state index in [0.717, 1.165) is 50.9 Å². The number of aromatic nitrogens is 1. The molecule has 1 saturated heterocycles. The zero-order valence-electron chi connectivity index (χ0n) is 14.0. The lowest BCUT2D eigenvalue weighted by molar-refractivity contribution is 0.114. The summed E-state index contributed by atoms with van der Waals surface area (Å²) in [6, 6.07) is 0. The second kappa shape index (κ2) is 9.10. The second-order valence-corrected chi connectivity index (χ2v) is 6.46. The molecule has 2 rings (SSSR count). The Balaban J connectivity index is 1.92. The van der Waals surface area contributed by atoms with Crippen molar-refractivity contribution in [2.45, 2.75) is 40.2 Å². The van der Waals surface area contributed by atoms with Crippen molar-refractivity contribution in [2.24, 2.45) is 10.9 Å². The first-order valence-corrected chi connectivity index (χ1v) is 9.19. The van der Waals surface area contributed by atoms with Crippen LogP contribution in [0.3, 0.4) is 0 Å². The normalized spacial score (nSPS) is 19.0. The van der Waals surface area contributed by atoms with Crippen LogP contribution >= 0.6 is 11.3 Å². The Morgan fingerprint density at radius 3 is 3.05 bits per heavy atom. The average Bonchev–Trinajstić information content (AvgIpc) is 3.18. The number of nitrogens with zero attached hydrogens (tertiary/aromatic N) is 3. The van der Waals surface area contributed by atoms with Gasteiger partial charge in [0.05, 0.1) is 23.9 Å². The number of aryl methyl sites for hydroxylation is 1. The number of rotatable bonds is 7. The minimum atomic E-state index is 0.620. The SMILES string of the molecule is CCNC(=NCc1csc(CC)n1)N1CCC(COCC)C1. The highest BCUT2D eigenvalue weighted by molar-refractivity contribution is 7.09. The summed E-state index contributed by atoms with van der Waals surface area (Å²) in [4.78, 5) is 11.7. The molecule has 0 amide bonds. The van der Waals surface area contributed by atoms with Crippen molar-refractivity contribution in [3.05, 3.63) is 16.1 Å². The smallest absolute Gasteiger partial charge is 0.194 e. The summed E-state index contributed by atoms with van der Waals surface area (Å²) in [5.74, 6) is 1.63. The van der Waals surface area contributed by atoms with Crippen LogP contribution in [0.25, 0.3) is 0 Å². The third-order valence-electron chi connectivity index (χ3n) is 3.77. The van der Waals surface area contributed by atoms with Gasteiger partial charge in [-0.05, 0) is 26.7 Å². The quantitative estimate of drug-likeness (QED) is 0.618. The van der Waals surface area contributed by atoms with Crippen LogP contribution in [0.2, 0.25) is 0 Å². The Morgan fingerprint density at radius 2 is 2.36 bits per heavy atom. The minimum Gasteiger partial charge on any atom is -0.381 e. The lowest BCUT2D eigenvalue weighted by Gasteiger charge is -2.21. The lowest BCUT2D eigenvalue weighted by Crippen LogP contribution is -2.40. The molecular formula is C16H28N4OS. The fraction of sp³-hybridized carbons (Fsp3) is 0.750. The number of ether oxygens (including phenoxy) is 1. The van der Waals surface area contributed by atoms with Gasteiger partial charge in [0.1, 0.15) is 0 Å². The molecular weight excluding hydrogens is 296 g/mol.